The van der Waals surface area contributed by atoms with Crippen molar-refractivity contribution in [1.29, 1.82) is 0 Å². The average Bonchev–Trinajstić information content (AvgIpc) is 3.22. The van der Waals surface area contributed by atoms with Gasteiger partial charge in [0.15, 0.2) is 5.69 Å². The summed E-state index contributed by atoms with van der Waals surface area (Å²) in [6, 6.07) is 5.35. The summed E-state index contributed by atoms with van der Waals surface area (Å²) in [5.74, 6) is 1.33. The van der Waals surface area contributed by atoms with Gasteiger partial charge in [0.05, 0.1) is 6.61 Å². The normalized spacial score (nSPS) is 10.9. The second kappa shape index (κ2) is 7.38. The number of aromatic nitrogens is 3. The van der Waals surface area contributed by atoms with Gasteiger partial charge in [0.1, 0.15) is 11.5 Å². The Bertz CT molecular complexity index is 906. The smallest absolute Gasteiger partial charge is 0.358 e. The molecule has 0 saturated carbocycles. The molecule has 0 aliphatic rings. The zero-order valence-corrected chi connectivity index (χ0v) is 14.8. The van der Waals surface area contributed by atoms with E-state index < -0.39 is 5.97 Å². The number of benzene rings is 1. The van der Waals surface area contributed by atoms with Crippen LogP contribution in [0.4, 0.5) is 0 Å². The lowest BCUT2D eigenvalue weighted by Gasteiger charge is -2.13. The molecule has 0 fully saturated rings. The number of aromatic carboxylic acids is 1. The number of carboxylic acids is 1. The van der Waals surface area contributed by atoms with Crippen LogP contribution in [0.1, 0.15) is 39.7 Å². The Morgan fingerprint density at radius 3 is 2.42 bits per heavy atom. The van der Waals surface area contributed by atoms with Crippen LogP contribution >= 0.6 is 0 Å². The van der Waals surface area contributed by atoms with Crippen molar-refractivity contribution in [2.24, 2.45) is 0 Å². The molecule has 3 aromatic rings. The van der Waals surface area contributed by atoms with E-state index in [0.717, 1.165) is 22.4 Å². The molecular weight excluding hydrogens is 338 g/mol. The lowest BCUT2D eigenvalue weighted by Crippen LogP contribution is -2.02. The monoisotopic (exact) mass is 357 g/mol. The summed E-state index contributed by atoms with van der Waals surface area (Å²) in [6.07, 6.45) is 1.23. The molecule has 0 aliphatic heterocycles. The molecule has 8 heteroatoms. The van der Waals surface area contributed by atoms with Crippen LogP contribution < -0.4 is 4.74 Å². The molecular formula is C18H19N3O5. The minimum absolute atomic E-state index is 0.0834. The van der Waals surface area contributed by atoms with E-state index in [1.54, 1.807) is 6.92 Å². The highest BCUT2D eigenvalue weighted by molar-refractivity contribution is 5.85. The van der Waals surface area contributed by atoms with E-state index in [-0.39, 0.29) is 5.69 Å². The maximum atomic E-state index is 10.8. The third-order valence-electron chi connectivity index (χ3n) is 3.84. The van der Waals surface area contributed by atoms with Gasteiger partial charge in [-0.15, -0.1) is 0 Å². The van der Waals surface area contributed by atoms with Crippen molar-refractivity contribution in [2.75, 3.05) is 6.61 Å². The Kier molecular flexibility index (Phi) is 5.01. The lowest BCUT2D eigenvalue weighted by atomic mass is 10.1. The highest BCUT2D eigenvalue weighted by Crippen LogP contribution is 2.29. The van der Waals surface area contributed by atoms with Crippen LogP contribution in [0.25, 0.3) is 11.4 Å². The first-order chi connectivity index (χ1) is 12.4. The largest absolute Gasteiger partial charge is 0.493 e. The van der Waals surface area contributed by atoms with Crippen molar-refractivity contribution >= 4 is 5.97 Å². The van der Waals surface area contributed by atoms with Crippen LogP contribution in [0, 0.1) is 20.8 Å². The standard InChI is InChI=1S/C18H19N3O5/c1-10-7-13(17-19-12(3)25-21-17)8-11(2)16(10)24-6-4-5-14-9-15(18(22)23)20-26-14/h7-9H,4-6H2,1-3H3,(H,22,23). The first kappa shape index (κ1) is 17.7. The summed E-state index contributed by atoms with van der Waals surface area (Å²) in [7, 11) is 0. The fourth-order valence-corrected chi connectivity index (χ4v) is 2.68. The number of hydrogen-bond donors (Lipinski definition) is 1. The summed E-state index contributed by atoms with van der Waals surface area (Å²) in [4.78, 5) is 15.0. The van der Waals surface area contributed by atoms with Gasteiger partial charge in [0.2, 0.25) is 11.7 Å². The van der Waals surface area contributed by atoms with E-state index in [2.05, 4.69) is 15.3 Å². The number of ether oxygens (including phenoxy) is 1. The third-order valence-corrected chi connectivity index (χ3v) is 3.84. The van der Waals surface area contributed by atoms with Gasteiger partial charge >= 0.3 is 5.97 Å². The molecule has 0 unspecified atom stereocenters. The molecule has 1 N–H and O–H groups in total. The molecule has 2 aromatic heterocycles. The Morgan fingerprint density at radius 2 is 1.85 bits per heavy atom. The first-order valence-corrected chi connectivity index (χ1v) is 8.17. The molecule has 1 aromatic carbocycles. The average molecular weight is 357 g/mol. The molecule has 0 amide bonds. The minimum atomic E-state index is -1.10. The number of aryl methyl sites for hydroxylation is 4. The van der Waals surface area contributed by atoms with Crippen molar-refractivity contribution in [3.8, 4) is 17.1 Å². The van der Waals surface area contributed by atoms with E-state index in [4.69, 9.17) is 18.9 Å². The zero-order chi connectivity index (χ0) is 18.7. The predicted molar refractivity (Wildman–Crippen MR) is 91.2 cm³/mol. The second-order valence-electron chi connectivity index (χ2n) is 6.01. The van der Waals surface area contributed by atoms with Crippen LogP contribution in [-0.2, 0) is 6.42 Å². The fourth-order valence-electron chi connectivity index (χ4n) is 2.68. The van der Waals surface area contributed by atoms with E-state index in [1.165, 1.54) is 6.07 Å². The van der Waals surface area contributed by atoms with Crippen molar-refractivity contribution in [2.45, 2.75) is 33.6 Å². The van der Waals surface area contributed by atoms with E-state index in [0.29, 0.717) is 36.9 Å². The van der Waals surface area contributed by atoms with E-state index >= 15 is 0 Å². The van der Waals surface area contributed by atoms with Crippen LogP contribution in [0.3, 0.4) is 0 Å². The van der Waals surface area contributed by atoms with Crippen molar-refractivity contribution in [1.82, 2.24) is 15.3 Å². The van der Waals surface area contributed by atoms with Crippen LogP contribution in [0.5, 0.6) is 5.75 Å². The number of rotatable bonds is 7. The van der Waals surface area contributed by atoms with Crippen LogP contribution in [0.2, 0.25) is 0 Å². The molecule has 0 bridgehead atoms. The van der Waals surface area contributed by atoms with Gasteiger partial charge in [0, 0.05) is 25.0 Å². The fraction of sp³-hybridized carbons (Fsp3) is 0.333. The Hall–Kier alpha value is -3.16. The minimum Gasteiger partial charge on any atom is -0.493 e. The summed E-state index contributed by atoms with van der Waals surface area (Å²) in [5, 5.41) is 16.2. The van der Waals surface area contributed by atoms with Crippen molar-refractivity contribution < 1.29 is 23.7 Å². The zero-order valence-electron chi connectivity index (χ0n) is 14.8. The summed E-state index contributed by atoms with van der Waals surface area (Å²) in [6.45, 7) is 6.16. The molecule has 136 valence electrons. The molecule has 0 saturated heterocycles. The molecule has 0 atom stereocenters. The van der Waals surface area contributed by atoms with Crippen molar-refractivity contribution in [3.63, 3.8) is 0 Å². The predicted octanol–water partition coefficient (Wildman–Crippen LogP) is 3.36. The Labute approximate surface area is 149 Å². The van der Waals surface area contributed by atoms with Crippen molar-refractivity contribution in [3.05, 3.63) is 46.7 Å². The highest BCUT2D eigenvalue weighted by Gasteiger charge is 2.13. The topological polar surface area (TPSA) is 111 Å². The maximum absolute atomic E-state index is 10.8. The van der Waals surface area contributed by atoms with E-state index in [9.17, 15) is 4.79 Å². The summed E-state index contributed by atoms with van der Waals surface area (Å²) < 4.78 is 15.9. The van der Waals surface area contributed by atoms with Gasteiger partial charge in [-0.2, -0.15) is 4.98 Å². The van der Waals surface area contributed by atoms with Crippen LogP contribution in [-0.4, -0.2) is 33.0 Å². The summed E-state index contributed by atoms with van der Waals surface area (Å²) in [5.41, 5.74) is 2.76. The third kappa shape index (κ3) is 3.90. The molecule has 0 aliphatic carbocycles. The number of nitrogens with zero attached hydrogens (tertiary/aromatic N) is 3. The molecule has 3 rings (SSSR count). The number of hydrogen-bond acceptors (Lipinski definition) is 7. The molecule has 26 heavy (non-hydrogen) atoms. The van der Waals surface area contributed by atoms with Gasteiger partial charge in [-0.05, 0) is 43.5 Å². The first-order valence-electron chi connectivity index (χ1n) is 8.17. The van der Waals surface area contributed by atoms with Gasteiger partial charge in [0.25, 0.3) is 0 Å². The molecule has 0 spiro atoms. The van der Waals surface area contributed by atoms with Gasteiger partial charge in [-0.3, -0.25) is 0 Å². The quantitative estimate of drug-likeness (QED) is 0.641. The lowest BCUT2D eigenvalue weighted by molar-refractivity contribution is 0.0685. The summed E-state index contributed by atoms with van der Waals surface area (Å²) >= 11 is 0. The van der Waals surface area contributed by atoms with Gasteiger partial charge in [-0.25, -0.2) is 4.79 Å². The number of carboxylic acid groups (broad SMARTS) is 1. The number of carbonyl (C=O) groups is 1. The Balaban J connectivity index is 1.60. The second-order valence-corrected chi connectivity index (χ2v) is 6.01. The SMILES string of the molecule is Cc1nc(-c2cc(C)c(OCCCc3cc(C(=O)O)no3)c(C)c2)no1. The maximum Gasteiger partial charge on any atom is 0.358 e. The van der Waals surface area contributed by atoms with Gasteiger partial charge in [-0.1, -0.05) is 10.3 Å². The van der Waals surface area contributed by atoms with Gasteiger partial charge < -0.3 is 18.9 Å². The molecule has 2 heterocycles. The van der Waals surface area contributed by atoms with Crippen LogP contribution in [0.15, 0.2) is 27.2 Å². The molecule has 0 radical (unpaired) electrons. The van der Waals surface area contributed by atoms with E-state index in [1.807, 2.05) is 26.0 Å². The Morgan fingerprint density at radius 1 is 1.12 bits per heavy atom. The molecule has 8 nitrogen and oxygen atoms in total. The highest BCUT2D eigenvalue weighted by atomic mass is 16.5.